The third kappa shape index (κ3) is 2.21. The molecule has 0 saturated heterocycles. The Labute approximate surface area is 117 Å². The van der Waals surface area contributed by atoms with Crippen molar-refractivity contribution in [1.82, 2.24) is 0 Å². The molecule has 2 nitrogen and oxygen atoms in total. The molecule has 0 amide bonds. The zero-order chi connectivity index (χ0) is 12.9. The molecule has 2 heteroatoms. The summed E-state index contributed by atoms with van der Waals surface area (Å²) in [4.78, 5) is 5.19. The van der Waals surface area contributed by atoms with Gasteiger partial charge in [0.1, 0.15) is 0 Å². The minimum atomic E-state index is 0.288. The van der Waals surface area contributed by atoms with Gasteiger partial charge in [-0.3, -0.25) is 4.99 Å². The third-order valence-electron chi connectivity index (χ3n) is 6.40. The maximum atomic E-state index is 6.42. The minimum absolute atomic E-state index is 0.288. The van der Waals surface area contributed by atoms with Crippen LogP contribution in [0.4, 0.5) is 0 Å². The zero-order valence-corrected chi connectivity index (χ0v) is 12.1. The molecule has 5 aliphatic rings. The SMILES string of the molecule is NC(=NC12CC3CC(CC(C3)C1)C2)C1CCCCC1. The normalized spacial score (nSPS) is 46.7. The summed E-state index contributed by atoms with van der Waals surface area (Å²) in [5.74, 6) is 4.58. The van der Waals surface area contributed by atoms with Gasteiger partial charge in [-0.25, -0.2) is 0 Å². The number of nitrogens with zero attached hydrogens (tertiary/aromatic N) is 1. The second-order valence-electron chi connectivity index (χ2n) is 8.01. The summed E-state index contributed by atoms with van der Waals surface area (Å²) in [6, 6.07) is 0. The molecule has 2 N–H and O–H groups in total. The van der Waals surface area contributed by atoms with E-state index in [1.165, 1.54) is 70.6 Å². The van der Waals surface area contributed by atoms with Crippen LogP contribution in [0.15, 0.2) is 4.99 Å². The van der Waals surface area contributed by atoms with Crippen molar-refractivity contribution in [2.75, 3.05) is 0 Å². The highest BCUT2D eigenvalue weighted by atomic mass is 15.0. The van der Waals surface area contributed by atoms with Crippen LogP contribution in [0.25, 0.3) is 0 Å². The van der Waals surface area contributed by atoms with Crippen molar-refractivity contribution in [3.63, 3.8) is 0 Å². The summed E-state index contributed by atoms with van der Waals surface area (Å²) in [6.07, 6.45) is 15.3. The van der Waals surface area contributed by atoms with Crippen LogP contribution in [0.3, 0.4) is 0 Å². The van der Waals surface area contributed by atoms with Gasteiger partial charge in [-0.15, -0.1) is 0 Å². The molecule has 5 fully saturated rings. The molecule has 0 radical (unpaired) electrons. The van der Waals surface area contributed by atoms with Gasteiger partial charge in [0.2, 0.25) is 0 Å². The summed E-state index contributed by atoms with van der Waals surface area (Å²) in [7, 11) is 0. The molecule has 0 aromatic carbocycles. The Bertz CT molecular complexity index is 343. The molecular weight excluding hydrogens is 232 g/mol. The Morgan fingerprint density at radius 1 is 0.842 bits per heavy atom. The highest BCUT2D eigenvalue weighted by molar-refractivity contribution is 5.83. The van der Waals surface area contributed by atoms with Gasteiger partial charge in [-0.1, -0.05) is 19.3 Å². The maximum Gasteiger partial charge on any atom is 0.0975 e. The fourth-order valence-electron chi connectivity index (χ4n) is 5.97. The fourth-order valence-corrected chi connectivity index (χ4v) is 5.97. The van der Waals surface area contributed by atoms with Gasteiger partial charge in [-0.05, 0) is 69.1 Å². The molecule has 19 heavy (non-hydrogen) atoms. The first-order valence-corrected chi connectivity index (χ1v) is 8.58. The number of nitrogens with two attached hydrogens (primary N) is 1. The Morgan fingerprint density at radius 3 is 1.89 bits per heavy atom. The van der Waals surface area contributed by atoms with Crippen LogP contribution in [0, 0.1) is 23.7 Å². The molecule has 0 atom stereocenters. The first kappa shape index (κ1) is 12.2. The average Bonchev–Trinajstić information content (AvgIpc) is 2.37. The van der Waals surface area contributed by atoms with Crippen LogP contribution < -0.4 is 5.73 Å². The summed E-state index contributed by atoms with van der Waals surface area (Å²) < 4.78 is 0. The van der Waals surface area contributed by atoms with E-state index in [1.54, 1.807) is 0 Å². The second kappa shape index (κ2) is 4.49. The highest BCUT2D eigenvalue weighted by Crippen LogP contribution is 2.57. The van der Waals surface area contributed by atoms with Gasteiger partial charge >= 0.3 is 0 Å². The lowest BCUT2D eigenvalue weighted by atomic mass is 9.53. The van der Waals surface area contributed by atoms with Crippen molar-refractivity contribution in [3.8, 4) is 0 Å². The molecule has 4 bridgehead atoms. The van der Waals surface area contributed by atoms with E-state index in [4.69, 9.17) is 10.7 Å². The molecule has 5 aliphatic carbocycles. The Hall–Kier alpha value is -0.530. The Morgan fingerprint density at radius 2 is 1.37 bits per heavy atom. The first-order valence-electron chi connectivity index (χ1n) is 8.58. The standard InChI is InChI=1S/C17H28N2/c18-16(15-4-2-1-3-5-15)19-17-9-12-6-13(10-17)8-14(7-12)11-17/h12-15H,1-11H2,(H2,18,19). The quantitative estimate of drug-likeness (QED) is 0.593. The van der Waals surface area contributed by atoms with E-state index in [1.807, 2.05) is 0 Å². The molecule has 0 unspecified atom stereocenters. The monoisotopic (exact) mass is 260 g/mol. The number of rotatable bonds is 2. The molecule has 5 rings (SSSR count). The van der Waals surface area contributed by atoms with Crippen LogP contribution in [0.1, 0.15) is 70.6 Å². The average molecular weight is 260 g/mol. The van der Waals surface area contributed by atoms with Crippen LogP contribution in [0.2, 0.25) is 0 Å². The van der Waals surface area contributed by atoms with Crippen molar-refractivity contribution >= 4 is 5.84 Å². The van der Waals surface area contributed by atoms with E-state index in [0.29, 0.717) is 5.92 Å². The van der Waals surface area contributed by atoms with Gasteiger partial charge in [0.15, 0.2) is 0 Å². The number of aliphatic imine (C=N–C) groups is 1. The summed E-state index contributed by atoms with van der Waals surface area (Å²) in [6.45, 7) is 0. The van der Waals surface area contributed by atoms with Gasteiger partial charge in [-0.2, -0.15) is 0 Å². The van der Waals surface area contributed by atoms with Crippen molar-refractivity contribution in [3.05, 3.63) is 0 Å². The molecule has 0 spiro atoms. The molecule has 0 aliphatic heterocycles. The number of amidine groups is 1. The topological polar surface area (TPSA) is 38.4 Å². The first-order chi connectivity index (χ1) is 9.22. The second-order valence-corrected chi connectivity index (χ2v) is 8.01. The molecule has 0 aromatic rings. The van der Waals surface area contributed by atoms with Crippen molar-refractivity contribution in [2.45, 2.75) is 76.2 Å². The van der Waals surface area contributed by atoms with E-state index in [0.717, 1.165) is 23.6 Å². The molecule has 106 valence electrons. The van der Waals surface area contributed by atoms with E-state index in [-0.39, 0.29) is 5.54 Å². The lowest BCUT2D eigenvalue weighted by Crippen LogP contribution is -2.50. The number of hydrogen-bond acceptors (Lipinski definition) is 1. The van der Waals surface area contributed by atoms with E-state index in [2.05, 4.69) is 0 Å². The van der Waals surface area contributed by atoms with E-state index >= 15 is 0 Å². The van der Waals surface area contributed by atoms with Crippen LogP contribution in [0.5, 0.6) is 0 Å². The summed E-state index contributed by atoms with van der Waals surface area (Å²) in [5, 5.41) is 0. The van der Waals surface area contributed by atoms with Crippen LogP contribution in [-0.2, 0) is 0 Å². The Balaban J connectivity index is 1.54. The fraction of sp³-hybridized carbons (Fsp3) is 0.941. The minimum Gasteiger partial charge on any atom is -0.387 e. The molecule has 0 heterocycles. The molecule has 5 saturated carbocycles. The van der Waals surface area contributed by atoms with Crippen molar-refractivity contribution < 1.29 is 0 Å². The third-order valence-corrected chi connectivity index (χ3v) is 6.40. The van der Waals surface area contributed by atoms with Gasteiger partial charge in [0, 0.05) is 5.92 Å². The lowest BCUT2D eigenvalue weighted by Gasteiger charge is -2.55. The summed E-state index contributed by atoms with van der Waals surface area (Å²) in [5.41, 5.74) is 6.71. The highest BCUT2D eigenvalue weighted by Gasteiger charge is 2.51. The molecule has 0 aromatic heterocycles. The predicted molar refractivity (Wildman–Crippen MR) is 79.1 cm³/mol. The lowest BCUT2D eigenvalue weighted by molar-refractivity contribution is 0.00134. The maximum absolute atomic E-state index is 6.42. The smallest absolute Gasteiger partial charge is 0.0975 e. The van der Waals surface area contributed by atoms with Gasteiger partial charge < -0.3 is 5.73 Å². The van der Waals surface area contributed by atoms with Gasteiger partial charge in [0.25, 0.3) is 0 Å². The van der Waals surface area contributed by atoms with Crippen LogP contribution in [-0.4, -0.2) is 11.4 Å². The summed E-state index contributed by atoms with van der Waals surface area (Å²) >= 11 is 0. The zero-order valence-electron chi connectivity index (χ0n) is 12.1. The van der Waals surface area contributed by atoms with Crippen molar-refractivity contribution in [2.24, 2.45) is 34.4 Å². The van der Waals surface area contributed by atoms with Gasteiger partial charge in [0.05, 0.1) is 11.4 Å². The van der Waals surface area contributed by atoms with Crippen LogP contribution >= 0.6 is 0 Å². The number of hydrogen-bond donors (Lipinski definition) is 1. The Kier molecular flexibility index (Phi) is 2.89. The molecular formula is C17H28N2. The van der Waals surface area contributed by atoms with E-state index in [9.17, 15) is 0 Å². The largest absolute Gasteiger partial charge is 0.387 e. The van der Waals surface area contributed by atoms with E-state index < -0.39 is 0 Å². The predicted octanol–water partition coefficient (Wildman–Crippen LogP) is 3.89. The van der Waals surface area contributed by atoms with Crippen molar-refractivity contribution in [1.29, 1.82) is 0 Å².